The summed E-state index contributed by atoms with van der Waals surface area (Å²) in [5.74, 6) is -9.32. The van der Waals surface area contributed by atoms with Crippen LogP contribution in [0.1, 0.15) is 29.5 Å². The van der Waals surface area contributed by atoms with Crippen molar-refractivity contribution in [2.45, 2.75) is 19.3 Å². The van der Waals surface area contributed by atoms with Gasteiger partial charge in [-0.3, -0.25) is 19.2 Å². The molecule has 2 amide bonds. The molecule has 2 heterocycles. The molecule has 0 atom stereocenters. The van der Waals surface area contributed by atoms with E-state index in [0.717, 1.165) is 52.7 Å². The van der Waals surface area contributed by atoms with E-state index in [4.69, 9.17) is 38.0 Å². The molecular formula is C45H42F2N3O17+. The normalized spacial score (nSPS) is 13.7. The lowest BCUT2D eigenvalue weighted by Gasteiger charge is -2.27. The lowest BCUT2D eigenvalue weighted by molar-refractivity contribution is -0.508. The number of hydrogen-bond donors (Lipinski definition) is 2. The van der Waals surface area contributed by atoms with E-state index < -0.39 is 97.4 Å². The van der Waals surface area contributed by atoms with Crippen molar-refractivity contribution in [3.05, 3.63) is 100 Å². The number of fused-ring (bicyclic) bond motifs is 2. The quantitative estimate of drug-likeness (QED) is 0.0508. The molecule has 6 rings (SSSR count). The zero-order valence-electron chi connectivity index (χ0n) is 36.3. The molecule has 20 nitrogen and oxygen atoms in total. The van der Waals surface area contributed by atoms with Gasteiger partial charge in [-0.1, -0.05) is 12.1 Å². The van der Waals surface area contributed by atoms with E-state index in [-0.39, 0.29) is 88.3 Å². The molecule has 3 aliphatic rings. The van der Waals surface area contributed by atoms with Gasteiger partial charge >= 0.3 is 29.8 Å². The van der Waals surface area contributed by atoms with E-state index in [2.05, 4.69) is 0 Å². The Morgan fingerprint density at radius 3 is 1.81 bits per heavy atom. The highest BCUT2D eigenvalue weighted by atomic mass is 19.1. The van der Waals surface area contributed by atoms with Gasteiger partial charge in [-0.25, -0.2) is 27.7 Å². The van der Waals surface area contributed by atoms with Crippen molar-refractivity contribution in [2.75, 3.05) is 72.7 Å². The molecule has 2 aliphatic heterocycles. The molecule has 0 saturated carbocycles. The van der Waals surface area contributed by atoms with Crippen LogP contribution in [0, 0.1) is 11.6 Å². The highest BCUT2D eigenvalue weighted by Crippen LogP contribution is 2.49. The maximum atomic E-state index is 15.0. The van der Waals surface area contributed by atoms with Crippen LogP contribution in [0.4, 0.5) is 14.5 Å². The maximum absolute atomic E-state index is 15.0. The van der Waals surface area contributed by atoms with E-state index >= 15 is 0 Å². The third kappa shape index (κ3) is 11.2. The number of hydrogen-bond acceptors (Lipinski definition) is 18. The Labute approximate surface area is 379 Å². The van der Waals surface area contributed by atoms with E-state index in [9.17, 15) is 52.6 Å². The summed E-state index contributed by atoms with van der Waals surface area (Å²) in [6.07, 6.45) is 3.50. The van der Waals surface area contributed by atoms with Crippen LogP contribution >= 0.6 is 0 Å². The largest absolute Gasteiger partial charge is 0.505 e. The summed E-state index contributed by atoms with van der Waals surface area (Å²) in [5.41, 5.74) is 0.781. The number of halogens is 2. The number of allylic oxidation sites excluding steroid dienone is 4. The van der Waals surface area contributed by atoms with Crippen molar-refractivity contribution in [1.82, 2.24) is 5.06 Å². The fourth-order valence-corrected chi connectivity index (χ4v) is 7.02. The second-order valence-corrected chi connectivity index (χ2v) is 14.5. The molecule has 0 spiro atoms. The number of phenolic OH excluding ortho intramolecular Hbond substituents is 2. The number of amides is 2. The smallest absolute Gasteiger partial charge is 0.371 e. The number of rotatable bonds is 17. The molecule has 1 saturated heterocycles. The summed E-state index contributed by atoms with van der Waals surface area (Å²) in [7, 11) is 4.51. The first-order chi connectivity index (χ1) is 32.0. The number of para-hydroxylation sites is 1. The predicted molar refractivity (Wildman–Crippen MR) is 223 cm³/mol. The number of imide groups is 1. The molecule has 1 aliphatic carbocycles. The van der Waals surface area contributed by atoms with Crippen molar-refractivity contribution >= 4 is 58.6 Å². The first kappa shape index (κ1) is 48.2. The standard InChI is InChI=1S/C45H41F2N3O17/c1-60-40(56)20-48(21-41(57)61-2)30-9-8-24(44-26-16-28(46)31(51)18-34(26)66-35-19-32(52)29(47)17-27(35)44)14-36(30)65-13-12-64-33-7-5-6-25(15-39(55)67-50-37(53)10-11-38(50)54)45(33)49(22-42(58)62-3)23-43(59)63-4/h5-9,14,16-19H,10-13,15,20-23H2,1-4H3,(H,51,52)/p+1. The summed E-state index contributed by atoms with van der Waals surface area (Å²) in [4.78, 5) is 94.4. The lowest BCUT2D eigenvalue weighted by Crippen LogP contribution is -2.37. The molecule has 22 heteroatoms. The van der Waals surface area contributed by atoms with Gasteiger partial charge in [0.2, 0.25) is 18.8 Å². The van der Waals surface area contributed by atoms with Gasteiger partial charge in [0.15, 0.2) is 28.9 Å². The first-order valence-corrected chi connectivity index (χ1v) is 20.0. The number of methoxy groups -OCH3 is 4. The van der Waals surface area contributed by atoms with Crippen LogP contribution in [0.15, 0.2) is 72.0 Å². The Kier molecular flexibility index (Phi) is 15.2. The second kappa shape index (κ2) is 21.1. The van der Waals surface area contributed by atoms with Crippen LogP contribution in [0.25, 0.3) is 5.57 Å². The Bertz CT molecular complexity index is 2560. The van der Waals surface area contributed by atoms with E-state index in [1.807, 2.05) is 0 Å². The zero-order valence-corrected chi connectivity index (χ0v) is 36.3. The molecule has 0 bridgehead atoms. The second-order valence-electron chi connectivity index (χ2n) is 14.5. The average molecular weight is 935 g/mol. The Morgan fingerprint density at radius 1 is 0.731 bits per heavy atom. The lowest BCUT2D eigenvalue weighted by atomic mass is 9.87. The van der Waals surface area contributed by atoms with Gasteiger partial charge in [-0.05, 0) is 41.5 Å². The third-order valence-electron chi connectivity index (χ3n) is 10.2. The van der Waals surface area contributed by atoms with Gasteiger partial charge in [0.05, 0.1) is 40.5 Å². The number of benzene rings is 3. The minimum absolute atomic E-state index is 0.0106. The number of hydroxylamine groups is 2. The minimum Gasteiger partial charge on any atom is -0.505 e. The van der Waals surface area contributed by atoms with Crippen molar-refractivity contribution < 1.29 is 95.1 Å². The number of aromatic hydroxyl groups is 2. The van der Waals surface area contributed by atoms with Crippen LogP contribution in [0.5, 0.6) is 28.7 Å². The molecule has 3 aromatic rings. The van der Waals surface area contributed by atoms with Crippen LogP contribution in [0.3, 0.4) is 0 Å². The zero-order chi connectivity index (χ0) is 48.5. The van der Waals surface area contributed by atoms with Crippen LogP contribution in [-0.4, -0.2) is 135 Å². The molecule has 3 aromatic carbocycles. The first-order valence-electron chi connectivity index (χ1n) is 20.0. The fourth-order valence-electron chi connectivity index (χ4n) is 7.02. The third-order valence-corrected chi connectivity index (χ3v) is 10.2. The van der Waals surface area contributed by atoms with Crippen LogP contribution in [-0.2, 0) is 68.5 Å². The number of ether oxygens (including phenoxy) is 7. The number of carbonyl (C=O) groups excluding carboxylic acids is 7. The van der Waals surface area contributed by atoms with E-state index in [0.29, 0.717) is 5.06 Å². The van der Waals surface area contributed by atoms with Crippen molar-refractivity contribution in [3.63, 3.8) is 0 Å². The molecule has 0 aromatic heterocycles. The SMILES string of the molecule is COC(=O)CN(CC(=O)OC)c1c(CC(=O)ON2C(=O)CCC2=O)cccc1OCCOC1=CC(=C2c3cc(F)c(O)cc3Oc3cc(O)c(F)cc32)C=CC1=[N+](CC(=O)OC)CC(=O)OC. The van der Waals surface area contributed by atoms with Crippen LogP contribution in [0.2, 0.25) is 0 Å². The van der Waals surface area contributed by atoms with Crippen molar-refractivity contribution in [3.8, 4) is 28.7 Å². The molecule has 67 heavy (non-hydrogen) atoms. The minimum atomic E-state index is -1.04. The number of anilines is 1. The molecule has 2 N–H and O–H groups in total. The topological polar surface area (TPSA) is 243 Å². The van der Waals surface area contributed by atoms with E-state index in [1.165, 1.54) is 45.9 Å². The highest BCUT2D eigenvalue weighted by molar-refractivity contribution is 6.08. The van der Waals surface area contributed by atoms with Gasteiger partial charge < -0.3 is 53.1 Å². The predicted octanol–water partition coefficient (Wildman–Crippen LogP) is 2.93. The Morgan fingerprint density at radius 2 is 1.27 bits per heavy atom. The summed E-state index contributed by atoms with van der Waals surface area (Å²) in [5, 5.41) is 20.8. The molecule has 1 fully saturated rings. The fraction of sp³-hybridized carbons (Fsp3) is 0.289. The summed E-state index contributed by atoms with van der Waals surface area (Å²) < 4.78 is 69.0. The molecule has 352 valence electrons. The maximum Gasteiger partial charge on any atom is 0.371 e. The van der Waals surface area contributed by atoms with Crippen LogP contribution < -0.4 is 14.4 Å². The van der Waals surface area contributed by atoms with Gasteiger partial charge in [-0.15, -0.1) is 5.06 Å². The van der Waals surface area contributed by atoms with E-state index in [1.54, 1.807) is 0 Å². The van der Waals surface area contributed by atoms with Gasteiger partial charge in [-0.2, -0.15) is 0 Å². The number of esters is 4. The highest BCUT2D eigenvalue weighted by Gasteiger charge is 2.35. The number of phenols is 2. The Hall–Kier alpha value is -8.30. The van der Waals surface area contributed by atoms with Gasteiger partial charge in [0.1, 0.15) is 43.6 Å². The van der Waals surface area contributed by atoms with Crippen molar-refractivity contribution in [1.29, 1.82) is 0 Å². The number of carbonyl (C=O) groups is 7. The summed E-state index contributed by atoms with van der Waals surface area (Å²) in [6, 6.07) is 8.33. The summed E-state index contributed by atoms with van der Waals surface area (Å²) >= 11 is 0. The van der Waals surface area contributed by atoms with Gasteiger partial charge in [0.25, 0.3) is 11.8 Å². The van der Waals surface area contributed by atoms with Crippen molar-refractivity contribution in [2.24, 2.45) is 0 Å². The summed E-state index contributed by atoms with van der Waals surface area (Å²) in [6.45, 7) is -2.75. The molecule has 0 radical (unpaired) electrons. The molecular weight excluding hydrogens is 892 g/mol. The van der Waals surface area contributed by atoms with Gasteiger partial charge in [0, 0.05) is 47.8 Å². The monoisotopic (exact) mass is 934 g/mol. The average Bonchev–Trinajstić information content (AvgIpc) is 3.62. The Balaban J connectivity index is 1.41. The number of nitrogens with zero attached hydrogens (tertiary/aromatic N) is 3. The molecule has 0 unspecified atom stereocenters.